The Morgan fingerprint density at radius 1 is 1.36 bits per heavy atom. The van der Waals surface area contributed by atoms with Crippen LogP contribution in [-0.4, -0.2) is 70.7 Å². The van der Waals surface area contributed by atoms with Crippen LogP contribution in [0.15, 0.2) is 27.9 Å². The number of hydrogen-bond acceptors (Lipinski definition) is 9. The van der Waals surface area contributed by atoms with Gasteiger partial charge in [0.1, 0.15) is 28.7 Å². The third-order valence-electron chi connectivity index (χ3n) is 4.68. The zero-order valence-corrected chi connectivity index (χ0v) is 19.1. The second-order valence-corrected chi connectivity index (χ2v) is 10.5. The molecule has 2 aromatic heterocycles. The van der Waals surface area contributed by atoms with Crippen LogP contribution in [0, 0.1) is 6.92 Å². The van der Waals surface area contributed by atoms with Crippen LogP contribution >= 0.6 is 34.9 Å². The van der Waals surface area contributed by atoms with E-state index in [1.807, 2.05) is 0 Å². The number of halogens is 3. The second kappa shape index (κ2) is 8.98. The molecule has 33 heavy (non-hydrogen) atoms. The molecule has 2 aromatic rings. The van der Waals surface area contributed by atoms with Crippen molar-refractivity contribution in [1.82, 2.24) is 30.2 Å². The van der Waals surface area contributed by atoms with E-state index < -0.39 is 47.6 Å². The van der Waals surface area contributed by atoms with E-state index in [9.17, 15) is 32.7 Å². The molecule has 0 spiro atoms. The van der Waals surface area contributed by atoms with Crippen LogP contribution in [0.25, 0.3) is 0 Å². The molecular weight excluding hydrogens is 505 g/mol. The average molecular weight is 521 g/mol. The zero-order valence-electron chi connectivity index (χ0n) is 16.7. The number of nitrogens with zero attached hydrogens (tertiary/aromatic N) is 5. The first-order valence-electron chi connectivity index (χ1n) is 9.27. The number of aromatic nitrogens is 4. The Bertz CT molecular complexity index is 1150. The van der Waals surface area contributed by atoms with Gasteiger partial charge in [-0.2, -0.15) is 18.3 Å². The number of amides is 2. The number of rotatable bonds is 7. The van der Waals surface area contributed by atoms with E-state index in [0.29, 0.717) is 21.4 Å². The van der Waals surface area contributed by atoms with E-state index in [2.05, 4.69) is 20.6 Å². The number of carbonyl (C=O) groups excluding carboxylic acids is 2. The summed E-state index contributed by atoms with van der Waals surface area (Å²) in [6, 6.07) is -0.234. The fraction of sp³-hybridized carbons (Fsp3) is 0.412. The van der Waals surface area contributed by atoms with Gasteiger partial charge in [0.25, 0.3) is 5.91 Å². The van der Waals surface area contributed by atoms with Crippen LogP contribution in [0.5, 0.6) is 0 Å². The number of carboxylic acid groups (broad SMARTS) is 1. The average Bonchev–Trinajstić information content (AvgIpc) is 3.38. The van der Waals surface area contributed by atoms with Gasteiger partial charge in [0.15, 0.2) is 10.0 Å². The van der Waals surface area contributed by atoms with Crippen molar-refractivity contribution in [3.05, 3.63) is 34.2 Å². The molecule has 2 aliphatic rings. The van der Waals surface area contributed by atoms with Gasteiger partial charge in [0, 0.05) is 17.7 Å². The van der Waals surface area contributed by atoms with Crippen molar-refractivity contribution in [1.29, 1.82) is 0 Å². The SMILES string of the molecule is Cc1nnc(SCC2=C(C(=O)O)N3C(=O)[C@@H](NC(=O)Cn4ccc(C(F)(F)F)n4)[C@@H]3SC2)s1. The van der Waals surface area contributed by atoms with E-state index in [1.165, 1.54) is 34.9 Å². The lowest BCUT2D eigenvalue weighted by Gasteiger charge is -2.49. The highest BCUT2D eigenvalue weighted by Gasteiger charge is 2.54. The number of β-lactam (4-membered cyclic amide) rings is 1. The highest BCUT2D eigenvalue weighted by Crippen LogP contribution is 2.41. The van der Waals surface area contributed by atoms with Crippen LogP contribution in [0.3, 0.4) is 0 Å². The number of alkyl halides is 3. The Hall–Kier alpha value is -2.59. The molecule has 0 saturated carbocycles. The number of carbonyl (C=O) groups is 3. The van der Waals surface area contributed by atoms with Crippen LogP contribution < -0.4 is 5.32 Å². The largest absolute Gasteiger partial charge is 0.477 e. The summed E-state index contributed by atoms with van der Waals surface area (Å²) in [5, 5.41) is 23.5. The third kappa shape index (κ3) is 4.86. The summed E-state index contributed by atoms with van der Waals surface area (Å²) >= 11 is 4.01. The number of aryl methyl sites for hydroxylation is 1. The first kappa shape index (κ1) is 23.6. The molecule has 0 bridgehead atoms. The molecule has 1 saturated heterocycles. The maximum Gasteiger partial charge on any atom is 0.435 e. The zero-order chi connectivity index (χ0) is 23.9. The van der Waals surface area contributed by atoms with Crippen LogP contribution in [0.4, 0.5) is 13.2 Å². The summed E-state index contributed by atoms with van der Waals surface area (Å²) in [6.07, 6.45) is -3.61. The Labute approximate surface area is 196 Å². The normalized spacial score (nSPS) is 20.5. The summed E-state index contributed by atoms with van der Waals surface area (Å²) in [4.78, 5) is 37.9. The maximum absolute atomic E-state index is 12.7. The highest BCUT2D eigenvalue weighted by atomic mass is 32.2. The summed E-state index contributed by atoms with van der Waals surface area (Å²) in [5.41, 5.74) is -0.699. The molecule has 2 amide bonds. The molecule has 4 rings (SSSR count). The molecule has 2 N–H and O–H groups in total. The lowest BCUT2D eigenvalue weighted by atomic mass is 10.0. The minimum Gasteiger partial charge on any atom is -0.477 e. The van der Waals surface area contributed by atoms with Gasteiger partial charge in [-0.05, 0) is 18.6 Å². The van der Waals surface area contributed by atoms with Crippen molar-refractivity contribution >= 4 is 52.6 Å². The van der Waals surface area contributed by atoms with Gasteiger partial charge in [0.05, 0.1) is 0 Å². The number of thioether (sulfide) groups is 2. The van der Waals surface area contributed by atoms with Crippen molar-refractivity contribution < 1.29 is 32.7 Å². The number of aliphatic carboxylic acids is 1. The molecular formula is C17H15F3N6O4S3. The fourth-order valence-corrected chi connectivity index (χ4v) is 6.55. The first-order valence-corrected chi connectivity index (χ1v) is 12.1. The van der Waals surface area contributed by atoms with Gasteiger partial charge in [-0.3, -0.25) is 19.2 Å². The smallest absolute Gasteiger partial charge is 0.435 e. The molecule has 1 fully saturated rings. The molecule has 16 heteroatoms. The maximum atomic E-state index is 12.7. The Kier molecular flexibility index (Phi) is 6.41. The van der Waals surface area contributed by atoms with Crippen molar-refractivity contribution in [2.75, 3.05) is 11.5 Å². The summed E-state index contributed by atoms with van der Waals surface area (Å²) < 4.78 is 39.4. The summed E-state index contributed by atoms with van der Waals surface area (Å²) in [5.74, 6) is -1.90. The van der Waals surface area contributed by atoms with Gasteiger partial charge in [-0.15, -0.1) is 22.0 Å². The van der Waals surface area contributed by atoms with Gasteiger partial charge in [-0.25, -0.2) is 4.79 Å². The second-order valence-electron chi connectivity index (χ2n) is 6.98. The Morgan fingerprint density at radius 3 is 2.73 bits per heavy atom. The number of hydrogen-bond donors (Lipinski definition) is 2. The van der Waals surface area contributed by atoms with Crippen LogP contribution in [-0.2, 0) is 27.1 Å². The molecule has 0 unspecified atom stereocenters. The summed E-state index contributed by atoms with van der Waals surface area (Å²) in [7, 11) is 0. The molecule has 0 radical (unpaired) electrons. The number of nitrogens with one attached hydrogen (secondary N) is 1. The first-order chi connectivity index (χ1) is 15.5. The van der Waals surface area contributed by atoms with Gasteiger partial charge in [0.2, 0.25) is 5.91 Å². The number of fused-ring (bicyclic) bond motifs is 1. The Morgan fingerprint density at radius 2 is 2.12 bits per heavy atom. The minimum atomic E-state index is -4.63. The molecule has 0 aliphatic carbocycles. The fourth-order valence-electron chi connectivity index (χ4n) is 3.25. The Balaban J connectivity index is 1.40. The van der Waals surface area contributed by atoms with E-state index in [0.717, 1.165) is 26.9 Å². The van der Waals surface area contributed by atoms with E-state index in [4.69, 9.17) is 0 Å². The predicted octanol–water partition coefficient (Wildman–Crippen LogP) is 1.59. The predicted molar refractivity (Wildman–Crippen MR) is 112 cm³/mol. The minimum absolute atomic E-state index is 0.120. The highest BCUT2D eigenvalue weighted by molar-refractivity contribution is 8.01. The van der Waals surface area contributed by atoms with Gasteiger partial charge < -0.3 is 10.4 Å². The molecule has 10 nitrogen and oxygen atoms in total. The monoisotopic (exact) mass is 520 g/mol. The molecule has 2 aliphatic heterocycles. The third-order valence-corrected chi connectivity index (χ3v) is 8.08. The van der Waals surface area contributed by atoms with Crippen molar-refractivity contribution in [2.45, 2.75) is 35.4 Å². The van der Waals surface area contributed by atoms with E-state index >= 15 is 0 Å². The molecule has 4 heterocycles. The standard InChI is InChI=1S/C17H15F3N6O4S3/c1-7-22-23-16(33-7)32-6-8-5-31-14-11(13(28)26(14)12(8)15(29)30)21-10(27)4-25-3-2-9(24-25)17(18,19)20/h2-3,11,14H,4-6H2,1H3,(H,21,27)(H,29,30)/t11-,14+/m1/s1. The topological polar surface area (TPSA) is 130 Å². The van der Waals surface area contributed by atoms with Gasteiger partial charge in [-0.1, -0.05) is 23.1 Å². The number of carboxylic acids is 1. The molecule has 176 valence electrons. The van der Waals surface area contributed by atoms with E-state index in [1.54, 1.807) is 6.92 Å². The quantitative estimate of drug-likeness (QED) is 0.413. The molecule has 2 atom stereocenters. The van der Waals surface area contributed by atoms with Crippen molar-refractivity contribution in [3.63, 3.8) is 0 Å². The van der Waals surface area contributed by atoms with Crippen LogP contribution in [0.2, 0.25) is 0 Å². The van der Waals surface area contributed by atoms with Crippen molar-refractivity contribution in [3.8, 4) is 0 Å². The summed E-state index contributed by atoms with van der Waals surface area (Å²) in [6.45, 7) is 1.29. The lowest BCUT2D eigenvalue weighted by Crippen LogP contribution is -2.70. The van der Waals surface area contributed by atoms with E-state index in [-0.39, 0.29) is 5.70 Å². The van der Waals surface area contributed by atoms with Crippen LogP contribution in [0.1, 0.15) is 10.7 Å². The van der Waals surface area contributed by atoms with Gasteiger partial charge >= 0.3 is 12.1 Å². The van der Waals surface area contributed by atoms with Crippen molar-refractivity contribution in [2.24, 2.45) is 0 Å². The molecule has 0 aromatic carbocycles. The lowest BCUT2D eigenvalue weighted by molar-refractivity contribution is -0.150.